The van der Waals surface area contributed by atoms with Crippen LogP contribution < -0.4 is 10.6 Å². The molecule has 2 unspecified atom stereocenters. The fraction of sp³-hybridized carbons (Fsp3) is 0.692. The largest absolute Gasteiger partial charge is 0.481 e. The molecule has 1 saturated carbocycles. The van der Waals surface area contributed by atoms with E-state index in [1.807, 2.05) is 0 Å². The quantitative estimate of drug-likeness (QED) is 0.602. The SMILES string of the molecule is CCC1C(=O)NC(=O)CN1C(=O)NC(CC(=O)O)C1CC1. The van der Waals surface area contributed by atoms with Crippen LogP contribution in [0.5, 0.6) is 0 Å². The van der Waals surface area contributed by atoms with Crippen molar-refractivity contribution in [3.8, 4) is 0 Å². The van der Waals surface area contributed by atoms with E-state index in [1.54, 1.807) is 6.92 Å². The van der Waals surface area contributed by atoms with Crippen molar-refractivity contribution in [3.63, 3.8) is 0 Å². The van der Waals surface area contributed by atoms with E-state index in [0.29, 0.717) is 6.42 Å². The van der Waals surface area contributed by atoms with Gasteiger partial charge in [0.2, 0.25) is 11.8 Å². The van der Waals surface area contributed by atoms with Crippen molar-refractivity contribution >= 4 is 23.8 Å². The van der Waals surface area contributed by atoms with Gasteiger partial charge in [0.05, 0.1) is 6.42 Å². The van der Waals surface area contributed by atoms with Crippen LogP contribution in [0.4, 0.5) is 4.79 Å². The molecule has 1 heterocycles. The van der Waals surface area contributed by atoms with Gasteiger partial charge in [0.25, 0.3) is 0 Å². The van der Waals surface area contributed by atoms with Crippen molar-refractivity contribution in [1.29, 1.82) is 0 Å². The number of hydrogen-bond acceptors (Lipinski definition) is 4. The summed E-state index contributed by atoms with van der Waals surface area (Å²) in [6.45, 7) is 1.55. The number of piperazine rings is 1. The zero-order valence-electron chi connectivity index (χ0n) is 11.8. The minimum atomic E-state index is -0.980. The number of amides is 4. The lowest BCUT2D eigenvalue weighted by Crippen LogP contribution is -2.62. The highest BCUT2D eigenvalue weighted by Crippen LogP contribution is 2.34. The monoisotopic (exact) mass is 297 g/mol. The number of nitrogens with one attached hydrogen (secondary N) is 2. The molecular weight excluding hydrogens is 278 g/mol. The minimum absolute atomic E-state index is 0.152. The number of imide groups is 1. The highest BCUT2D eigenvalue weighted by Gasteiger charge is 2.39. The van der Waals surface area contributed by atoms with Crippen LogP contribution in [0.2, 0.25) is 0 Å². The predicted octanol–water partition coefficient (Wildman–Crippen LogP) is -0.314. The van der Waals surface area contributed by atoms with E-state index in [4.69, 9.17) is 5.11 Å². The predicted molar refractivity (Wildman–Crippen MR) is 71.2 cm³/mol. The second kappa shape index (κ2) is 6.11. The number of carbonyl (C=O) groups is 4. The normalized spacial score (nSPS) is 23.5. The van der Waals surface area contributed by atoms with Crippen LogP contribution in [0.3, 0.4) is 0 Å². The molecule has 1 aliphatic carbocycles. The van der Waals surface area contributed by atoms with E-state index in [9.17, 15) is 19.2 Å². The van der Waals surface area contributed by atoms with Crippen molar-refractivity contribution in [3.05, 3.63) is 0 Å². The second-order valence-corrected chi connectivity index (χ2v) is 5.46. The molecule has 0 aromatic rings. The van der Waals surface area contributed by atoms with Gasteiger partial charge in [0, 0.05) is 6.04 Å². The lowest BCUT2D eigenvalue weighted by Gasteiger charge is -2.34. The average Bonchev–Trinajstić information content (AvgIpc) is 3.20. The van der Waals surface area contributed by atoms with Crippen molar-refractivity contribution in [2.45, 2.75) is 44.7 Å². The highest BCUT2D eigenvalue weighted by atomic mass is 16.4. The number of carbonyl (C=O) groups excluding carboxylic acids is 3. The Bertz CT molecular complexity index is 474. The summed E-state index contributed by atoms with van der Waals surface area (Å²) in [4.78, 5) is 47.4. The Labute approximate surface area is 121 Å². The number of urea groups is 1. The molecule has 8 nitrogen and oxygen atoms in total. The maximum Gasteiger partial charge on any atom is 0.318 e. The Morgan fingerprint density at radius 3 is 2.62 bits per heavy atom. The number of aliphatic carboxylic acids is 1. The third-order valence-corrected chi connectivity index (χ3v) is 3.80. The molecule has 2 fully saturated rings. The number of carboxylic acid groups (broad SMARTS) is 1. The Kier molecular flexibility index (Phi) is 4.44. The van der Waals surface area contributed by atoms with Gasteiger partial charge in [-0.15, -0.1) is 0 Å². The zero-order valence-corrected chi connectivity index (χ0v) is 11.8. The summed E-state index contributed by atoms with van der Waals surface area (Å²) in [5.74, 6) is -1.84. The summed E-state index contributed by atoms with van der Waals surface area (Å²) >= 11 is 0. The van der Waals surface area contributed by atoms with E-state index in [1.165, 1.54) is 4.90 Å². The number of carboxylic acids is 1. The van der Waals surface area contributed by atoms with Gasteiger partial charge < -0.3 is 15.3 Å². The topological polar surface area (TPSA) is 116 Å². The molecule has 8 heteroatoms. The summed E-state index contributed by atoms with van der Waals surface area (Å²) in [6.07, 6.45) is 2.00. The maximum atomic E-state index is 12.3. The van der Waals surface area contributed by atoms with Gasteiger partial charge in [-0.3, -0.25) is 19.7 Å². The van der Waals surface area contributed by atoms with E-state index in [2.05, 4.69) is 10.6 Å². The lowest BCUT2D eigenvalue weighted by atomic mass is 10.1. The van der Waals surface area contributed by atoms with Gasteiger partial charge in [-0.25, -0.2) is 4.79 Å². The average molecular weight is 297 g/mol. The summed E-state index contributed by atoms with van der Waals surface area (Å²) in [6, 6.07) is -1.71. The molecule has 4 amide bonds. The molecule has 21 heavy (non-hydrogen) atoms. The van der Waals surface area contributed by atoms with Gasteiger partial charge in [0.15, 0.2) is 0 Å². The van der Waals surface area contributed by atoms with Gasteiger partial charge in [0.1, 0.15) is 12.6 Å². The Hall–Kier alpha value is -2.12. The molecule has 0 aromatic heterocycles. The molecular formula is C13H19N3O5. The molecule has 1 aliphatic heterocycles. The standard InChI is InChI=1S/C13H19N3O5/c1-2-9-12(20)15-10(17)6-16(9)13(21)14-8(5-11(18)19)7-3-4-7/h7-9H,2-6H2,1H3,(H,14,21)(H,18,19)(H,15,17,20). The summed E-state index contributed by atoms with van der Waals surface area (Å²) in [5, 5.41) is 13.7. The second-order valence-electron chi connectivity index (χ2n) is 5.46. The maximum absolute atomic E-state index is 12.3. The van der Waals surface area contributed by atoms with Gasteiger partial charge >= 0.3 is 12.0 Å². The molecule has 0 spiro atoms. The first-order valence-electron chi connectivity index (χ1n) is 7.05. The van der Waals surface area contributed by atoms with Crippen LogP contribution in [-0.2, 0) is 14.4 Å². The minimum Gasteiger partial charge on any atom is -0.481 e. The molecule has 1 saturated heterocycles. The Morgan fingerprint density at radius 1 is 1.43 bits per heavy atom. The first-order valence-corrected chi connectivity index (χ1v) is 7.05. The van der Waals surface area contributed by atoms with Crippen LogP contribution in [0.25, 0.3) is 0 Å². The van der Waals surface area contributed by atoms with Crippen molar-refractivity contribution in [2.75, 3.05) is 6.54 Å². The number of nitrogens with zero attached hydrogens (tertiary/aromatic N) is 1. The molecule has 0 aromatic carbocycles. The van der Waals surface area contributed by atoms with E-state index >= 15 is 0 Å². The molecule has 0 bridgehead atoms. The van der Waals surface area contributed by atoms with Gasteiger partial charge in [-0.05, 0) is 25.2 Å². The highest BCUT2D eigenvalue weighted by molar-refractivity contribution is 6.04. The smallest absolute Gasteiger partial charge is 0.318 e. The molecule has 3 N–H and O–H groups in total. The van der Waals surface area contributed by atoms with Crippen LogP contribution in [0.15, 0.2) is 0 Å². The Balaban J connectivity index is 2.04. The van der Waals surface area contributed by atoms with Crippen LogP contribution >= 0.6 is 0 Å². The van der Waals surface area contributed by atoms with Crippen molar-refractivity contribution < 1.29 is 24.3 Å². The van der Waals surface area contributed by atoms with Crippen molar-refractivity contribution in [1.82, 2.24) is 15.5 Å². The zero-order chi connectivity index (χ0) is 15.6. The fourth-order valence-corrected chi connectivity index (χ4v) is 2.55. The first-order chi connectivity index (χ1) is 9.92. The van der Waals surface area contributed by atoms with Crippen LogP contribution in [-0.4, -0.2) is 52.4 Å². The first kappa shape index (κ1) is 15.3. The van der Waals surface area contributed by atoms with E-state index < -0.39 is 35.9 Å². The van der Waals surface area contributed by atoms with Crippen molar-refractivity contribution in [2.24, 2.45) is 5.92 Å². The lowest BCUT2D eigenvalue weighted by molar-refractivity contribution is -0.139. The summed E-state index contributed by atoms with van der Waals surface area (Å²) < 4.78 is 0. The molecule has 2 rings (SSSR count). The fourth-order valence-electron chi connectivity index (χ4n) is 2.55. The van der Waals surface area contributed by atoms with Crippen LogP contribution in [0, 0.1) is 5.92 Å². The third kappa shape index (κ3) is 3.71. The summed E-state index contributed by atoms with van der Waals surface area (Å²) in [5.41, 5.74) is 0. The van der Waals surface area contributed by atoms with E-state index in [0.717, 1.165) is 12.8 Å². The number of rotatable bonds is 5. The molecule has 2 aliphatic rings. The van der Waals surface area contributed by atoms with Crippen LogP contribution in [0.1, 0.15) is 32.6 Å². The molecule has 116 valence electrons. The summed E-state index contributed by atoms with van der Waals surface area (Å²) in [7, 11) is 0. The number of hydrogen-bond donors (Lipinski definition) is 3. The molecule has 2 atom stereocenters. The molecule has 0 radical (unpaired) electrons. The van der Waals surface area contributed by atoms with E-state index in [-0.39, 0.29) is 18.9 Å². The van der Waals surface area contributed by atoms with Gasteiger partial charge in [-0.2, -0.15) is 0 Å². The third-order valence-electron chi connectivity index (χ3n) is 3.80. The van der Waals surface area contributed by atoms with Gasteiger partial charge in [-0.1, -0.05) is 6.92 Å². The Morgan fingerprint density at radius 2 is 2.10 bits per heavy atom.